The molecule has 0 aromatic heterocycles. The van der Waals surface area contributed by atoms with Crippen LogP contribution in [0.1, 0.15) is 18.4 Å². The monoisotopic (exact) mass is 390 g/mol. The molecule has 0 radical (unpaired) electrons. The van der Waals surface area contributed by atoms with Crippen LogP contribution in [0.2, 0.25) is 0 Å². The molecule has 0 bridgehead atoms. The first-order valence-electron chi connectivity index (χ1n) is 6.65. The van der Waals surface area contributed by atoms with Crippen molar-refractivity contribution in [2.24, 2.45) is 0 Å². The Kier molecular flexibility index (Phi) is 6.13. The molecule has 1 aliphatic rings. The Bertz CT molecular complexity index is 397. The number of benzene rings is 1. The van der Waals surface area contributed by atoms with E-state index < -0.39 is 0 Å². The summed E-state index contributed by atoms with van der Waals surface area (Å²) >= 11 is 7.06. The van der Waals surface area contributed by atoms with Gasteiger partial charge in [0.05, 0.1) is 16.1 Å². The second-order valence-electron chi connectivity index (χ2n) is 4.82. The smallest absolute Gasteiger partial charge is 0.147 e. The lowest BCUT2D eigenvalue weighted by molar-refractivity contribution is 0.335. The van der Waals surface area contributed by atoms with Crippen molar-refractivity contribution in [2.75, 3.05) is 33.3 Å². The quantitative estimate of drug-likeness (QED) is 0.752. The van der Waals surface area contributed by atoms with E-state index in [1.807, 2.05) is 0 Å². The maximum Gasteiger partial charge on any atom is 0.147 e. The van der Waals surface area contributed by atoms with Crippen molar-refractivity contribution in [2.45, 2.75) is 19.4 Å². The van der Waals surface area contributed by atoms with E-state index in [1.165, 1.54) is 31.5 Å². The van der Waals surface area contributed by atoms with Gasteiger partial charge in [0.2, 0.25) is 0 Å². The fourth-order valence-corrected chi connectivity index (χ4v) is 3.99. The van der Waals surface area contributed by atoms with Crippen LogP contribution >= 0.6 is 31.9 Å². The lowest BCUT2D eigenvalue weighted by atomic mass is 10.2. The van der Waals surface area contributed by atoms with Crippen LogP contribution in [0.4, 0.5) is 0 Å². The summed E-state index contributed by atoms with van der Waals surface area (Å²) in [5, 5.41) is 3.50. The molecule has 1 aromatic carbocycles. The lowest BCUT2D eigenvalue weighted by Crippen LogP contribution is -2.29. The van der Waals surface area contributed by atoms with Crippen molar-refractivity contribution in [1.82, 2.24) is 10.2 Å². The Morgan fingerprint density at radius 1 is 1.21 bits per heavy atom. The maximum atomic E-state index is 5.30. The van der Waals surface area contributed by atoms with Crippen LogP contribution in [0.3, 0.4) is 0 Å². The molecule has 106 valence electrons. The summed E-state index contributed by atoms with van der Waals surface area (Å²) in [6, 6.07) is 4.21. The second-order valence-corrected chi connectivity index (χ2v) is 6.53. The van der Waals surface area contributed by atoms with Crippen LogP contribution < -0.4 is 10.1 Å². The van der Waals surface area contributed by atoms with Crippen molar-refractivity contribution in [3.8, 4) is 5.75 Å². The molecule has 0 atom stereocenters. The average Bonchev–Trinajstić information content (AvgIpc) is 2.87. The first kappa shape index (κ1) is 15.3. The normalized spacial score (nSPS) is 15.9. The first-order valence-corrected chi connectivity index (χ1v) is 8.24. The molecule has 1 saturated heterocycles. The van der Waals surface area contributed by atoms with Crippen LogP contribution in [-0.2, 0) is 6.54 Å². The predicted octanol–water partition coefficient (Wildman–Crippen LogP) is 3.41. The van der Waals surface area contributed by atoms with Gasteiger partial charge in [0, 0.05) is 19.6 Å². The Labute approximate surface area is 132 Å². The van der Waals surface area contributed by atoms with Crippen molar-refractivity contribution >= 4 is 31.9 Å². The van der Waals surface area contributed by atoms with E-state index in [-0.39, 0.29) is 0 Å². The van der Waals surface area contributed by atoms with Crippen LogP contribution in [0.5, 0.6) is 5.75 Å². The molecule has 3 nitrogen and oxygen atoms in total. The standard InChI is InChI=1S/C14H20Br2N2O/c1-19-14-12(15)8-11(9-13(14)16)10-17-4-7-18-5-2-3-6-18/h8-9,17H,2-7,10H2,1H3. The van der Waals surface area contributed by atoms with Crippen molar-refractivity contribution in [3.05, 3.63) is 26.6 Å². The Balaban J connectivity index is 1.79. The number of rotatable bonds is 6. The van der Waals surface area contributed by atoms with Crippen LogP contribution in [0, 0.1) is 0 Å². The Hall–Kier alpha value is -0.100. The highest BCUT2D eigenvalue weighted by Crippen LogP contribution is 2.34. The minimum atomic E-state index is 0.848. The number of methoxy groups -OCH3 is 1. The summed E-state index contributed by atoms with van der Waals surface area (Å²) in [4.78, 5) is 2.52. The lowest BCUT2D eigenvalue weighted by Gasteiger charge is -2.15. The molecule has 0 unspecified atom stereocenters. The van der Waals surface area contributed by atoms with Gasteiger partial charge in [-0.25, -0.2) is 0 Å². The molecule has 1 aromatic rings. The predicted molar refractivity (Wildman–Crippen MR) is 85.8 cm³/mol. The first-order chi connectivity index (χ1) is 9.20. The molecule has 19 heavy (non-hydrogen) atoms. The minimum absolute atomic E-state index is 0.848. The van der Waals surface area contributed by atoms with Crippen molar-refractivity contribution < 1.29 is 4.74 Å². The molecular formula is C14H20Br2N2O. The van der Waals surface area contributed by atoms with Crippen LogP contribution in [0.15, 0.2) is 21.1 Å². The van der Waals surface area contributed by atoms with E-state index in [0.717, 1.165) is 34.3 Å². The minimum Gasteiger partial charge on any atom is -0.494 e. The summed E-state index contributed by atoms with van der Waals surface area (Å²) in [7, 11) is 1.68. The molecule has 0 amide bonds. The number of halogens is 2. The summed E-state index contributed by atoms with van der Waals surface area (Å²) < 4.78 is 7.28. The fourth-order valence-electron chi connectivity index (χ4n) is 2.39. The van der Waals surface area contributed by atoms with E-state index in [9.17, 15) is 0 Å². The largest absolute Gasteiger partial charge is 0.494 e. The van der Waals surface area contributed by atoms with Gasteiger partial charge in [0.15, 0.2) is 0 Å². The third kappa shape index (κ3) is 4.45. The Morgan fingerprint density at radius 2 is 1.84 bits per heavy atom. The van der Waals surface area contributed by atoms with E-state index in [0.29, 0.717) is 0 Å². The molecule has 0 spiro atoms. The third-order valence-electron chi connectivity index (χ3n) is 3.39. The number of ether oxygens (including phenoxy) is 1. The SMILES string of the molecule is COc1c(Br)cc(CNCCN2CCCC2)cc1Br. The van der Waals surface area contributed by atoms with E-state index >= 15 is 0 Å². The van der Waals surface area contributed by atoms with Gasteiger partial charge in [-0.3, -0.25) is 0 Å². The number of hydrogen-bond acceptors (Lipinski definition) is 3. The highest BCUT2D eigenvalue weighted by Gasteiger charge is 2.10. The highest BCUT2D eigenvalue weighted by molar-refractivity contribution is 9.11. The summed E-state index contributed by atoms with van der Waals surface area (Å²) in [6.45, 7) is 5.61. The van der Waals surface area contributed by atoms with Crippen LogP contribution in [-0.4, -0.2) is 38.2 Å². The van der Waals surface area contributed by atoms with Gasteiger partial charge in [0.25, 0.3) is 0 Å². The van der Waals surface area contributed by atoms with Crippen LogP contribution in [0.25, 0.3) is 0 Å². The summed E-state index contributed by atoms with van der Waals surface area (Å²) in [6.07, 6.45) is 2.72. The third-order valence-corrected chi connectivity index (χ3v) is 4.57. The van der Waals surface area contributed by atoms with Gasteiger partial charge < -0.3 is 15.0 Å². The van der Waals surface area contributed by atoms with Crippen molar-refractivity contribution in [1.29, 1.82) is 0 Å². The zero-order valence-electron chi connectivity index (χ0n) is 11.2. The van der Waals surface area contributed by atoms with E-state index in [4.69, 9.17) is 4.74 Å². The molecule has 1 aliphatic heterocycles. The number of nitrogens with one attached hydrogen (secondary N) is 1. The molecule has 0 saturated carbocycles. The van der Waals surface area contributed by atoms with Gasteiger partial charge in [0.1, 0.15) is 5.75 Å². The number of nitrogens with zero attached hydrogens (tertiary/aromatic N) is 1. The van der Waals surface area contributed by atoms with Gasteiger partial charge in [-0.05, 0) is 75.5 Å². The molecule has 0 aliphatic carbocycles. The topological polar surface area (TPSA) is 24.5 Å². The highest BCUT2D eigenvalue weighted by atomic mass is 79.9. The van der Waals surface area contributed by atoms with Gasteiger partial charge in [-0.15, -0.1) is 0 Å². The number of likely N-dealkylation sites (tertiary alicyclic amines) is 1. The summed E-state index contributed by atoms with van der Waals surface area (Å²) in [5.41, 5.74) is 1.25. The van der Waals surface area contributed by atoms with E-state index in [2.05, 4.69) is 54.2 Å². The summed E-state index contributed by atoms with van der Waals surface area (Å²) in [5.74, 6) is 0.848. The van der Waals surface area contributed by atoms with Gasteiger partial charge >= 0.3 is 0 Å². The number of hydrogen-bond donors (Lipinski definition) is 1. The molecule has 1 heterocycles. The van der Waals surface area contributed by atoms with Gasteiger partial charge in [-0.2, -0.15) is 0 Å². The average molecular weight is 392 g/mol. The Morgan fingerprint density at radius 3 is 2.42 bits per heavy atom. The molecular weight excluding hydrogens is 372 g/mol. The van der Waals surface area contributed by atoms with Gasteiger partial charge in [-0.1, -0.05) is 0 Å². The molecule has 1 fully saturated rings. The fraction of sp³-hybridized carbons (Fsp3) is 0.571. The zero-order valence-corrected chi connectivity index (χ0v) is 14.4. The molecule has 5 heteroatoms. The maximum absolute atomic E-state index is 5.30. The zero-order chi connectivity index (χ0) is 13.7. The van der Waals surface area contributed by atoms with E-state index in [1.54, 1.807) is 7.11 Å². The second kappa shape index (κ2) is 7.62. The molecule has 2 rings (SSSR count). The van der Waals surface area contributed by atoms with Crippen molar-refractivity contribution in [3.63, 3.8) is 0 Å². The molecule has 1 N–H and O–H groups in total.